The smallest absolute Gasteiger partial charge is 0.0641 e. The Morgan fingerprint density at radius 1 is 1.25 bits per heavy atom. The van der Waals surface area contributed by atoms with Crippen LogP contribution in [0, 0.1) is 11.3 Å². The van der Waals surface area contributed by atoms with Crippen LogP contribution in [0.1, 0.15) is 44.4 Å². The fourth-order valence-electron chi connectivity index (χ4n) is 1.45. The Labute approximate surface area is 104 Å². The van der Waals surface area contributed by atoms with Crippen LogP contribution in [-0.4, -0.2) is 0 Å². The molecule has 1 aromatic rings. The standard InChI is InChI=1S/C13H18N2.ClH/c1-13(2,3)11-6-4-10(5-7-11)12(15)8-9-14;/h4-7,12H,8,15H2,1-3H3;1H/t12-;/m0./s1. The van der Waals surface area contributed by atoms with Crippen LogP contribution in [0.15, 0.2) is 24.3 Å². The molecule has 0 radical (unpaired) electrons. The van der Waals surface area contributed by atoms with E-state index < -0.39 is 0 Å². The Kier molecular flexibility index (Phi) is 5.50. The lowest BCUT2D eigenvalue weighted by Gasteiger charge is -2.19. The van der Waals surface area contributed by atoms with Crippen LogP contribution in [-0.2, 0) is 5.41 Å². The van der Waals surface area contributed by atoms with Crippen LogP contribution in [0.25, 0.3) is 0 Å². The van der Waals surface area contributed by atoms with E-state index in [-0.39, 0.29) is 23.9 Å². The highest BCUT2D eigenvalue weighted by Gasteiger charge is 2.13. The molecule has 0 aromatic heterocycles. The van der Waals surface area contributed by atoms with Gasteiger partial charge in [0.05, 0.1) is 12.5 Å². The van der Waals surface area contributed by atoms with Gasteiger partial charge in [-0.15, -0.1) is 12.4 Å². The van der Waals surface area contributed by atoms with Crippen LogP contribution in [0.3, 0.4) is 0 Å². The van der Waals surface area contributed by atoms with Gasteiger partial charge in [-0.2, -0.15) is 5.26 Å². The third-order valence-corrected chi connectivity index (χ3v) is 2.52. The molecular weight excluding hydrogens is 220 g/mol. The molecule has 0 aliphatic heterocycles. The molecule has 1 atom stereocenters. The summed E-state index contributed by atoms with van der Waals surface area (Å²) in [5.41, 5.74) is 8.33. The van der Waals surface area contributed by atoms with Crippen molar-refractivity contribution in [1.82, 2.24) is 0 Å². The first kappa shape index (κ1) is 15.0. The van der Waals surface area contributed by atoms with Gasteiger partial charge in [0.25, 0.3) is 0 Å². The minimum atomic E-state index is -0.163. The van der Waals surface area contributed by atoms with Crippen molar-refractivity contribution in [2.24, 2.45) is 5.73 Å². The van der Waals surface area contributed by atoms with Crippen LogP contribution >= 0.6 is 12.4 Å². The van der Waals surface area contributed by atoms with Gasteiger partial charge in [0.1, 0.15) is 0 Å². The lowest BCUT2D eigenvalue weighted by molar-refractivity contribution is 0.589. The maximum absolute atomic E-state index is 8.55. The monoisotopic (exact) mass is 238 g/mol. The van der Waals surface area contributed by atoms with E-state index >= 15 is 0 Å². The zero-order valence-corrected chi connectivity index (χ0v) is 10.8. The van der Waals surface area contributed by atoms with E-state index in [2.05, 4.69) is 39.0 Å². The zero-order chi connectivity index (χ0) is 11.5. The molecule has 1 aromatic carbocycles. The van der Waals surface area contributed by atoms with Gasteiger partial charge in [-0.1, -0.05) is 45.0 Å². The Bertz CT molecular complexity index is 357. The van der Waals surface area contributed by atoms with Crippen molar-refractivity contribution in [3.05, 3.63) is 35.4 Å². The number of halogens is 1. The van der Waals surface area contributed by atoms with E-state index in [1.54, 1.807) is 0 Å². The number of nitrogens with two attached hydrogens (primary N) is 1. The fraction of sp³-hybridized carbons (Fsp3) is 0.462. The minimum Gasteiger partial charge on any atom is -0.323 e. The molecule has 3 heteroatoms. The summed E-state index contributed by atoms with van der Waals surface area (Å²) < 4.78 is 0. The summed E-state index contributed by atoms with van der Waals surface area (Å²) in [6, 6.07) is 10.1. The van der Waals surface area contributed by atoms with Gasteiger partial charge in [0.2, 0.25) is 0 Å². The maximum atomic E-state index is 8.55. The Balaban J connectivity index is 0.00000225. The summed E-state index contributed by atoms with van der Waals surface area (Å²) in [5, 5.41) is 8.55. The molecule has 2 nitrogen and oxygen atoms in total. The highest BCUT2D eigenvalue weighted by Crippen LogP contribution is 2.23. The van der Waals surface area contributed by atoms with Crippen LogP contribution in [0.5, 0.6) is 0 Å². The van der Waals surface area contributed by atoms with Gasteiger partial charge >= 0.3 is 0 Å². The molecule has 0 spiro atoms. The Morgan fingerprint density at radius 3 is 2.12 bits per heavy atom. The van der Waals surface area contributed by atoms with Gasteiger partial charge < -0.3 is 5.73 Å². The Morgan fingerprint density at radius 2 is 1.75 bits per heavy atom. The summed E-state index contributed by atoms with van der Waals surface area (Å²) in [4.78, 5) is 0. The molecule has 0 amide bonds. The predicted octanol–water partition coefficient (Wildman–Crippen LogP) is 3.32. The lowest BCUT2D eigenvalue weighted by Crippen LogP contribution is -2.13. The van der Waals surface area contributed by atoms with Gasteiger partial charge in [0.15, 0.2) is 0 Å². The fourth-order valence-corrected chi connectivity index (χ4v) is 1.45. The second kappa shape index (κ2) is 5.89. The second-order valence-corrected chi connectivity index (χ2v) is 4.84. The molecule has 0 bridgehead atoms. The first-order valence-electron chi connectivity index (χ1n) is 5.18. The van der Waals surface area contributed by atoms with E-state index in [4.69, 9.17) is 11.0 Å². The number of hydrogen-bond acceptors (Lipinski definition) is 2. The summed E-state index contributed by atoms with van der Waals surface area (Å²) in [5.74, 6) is 0. The predicted molar refractivity (Wildman–Crippen MR) is 69.5 cm³/mol. The molecule has 0 heterocycles. The number of nitrogens with zero attached hydrogens (tertiary/aromatic N) is 1. The molecule has 1 rings (SSSR count). The molecule has 0 fully saturated rings. The van der Waals surface area contributed by atoms with Crippen molar-refractivity contribution in [3.63, 3.8) is 0 Å². The van der Waals surface area contributed by atoms with E-state index in [1.807, 2.05) is 12.1 Å². The van der Waals surface area contributed by atoms with Gasteiger partial charge in [-0.25, -0.2) is 0 Å². The van der Waals surface area contributed by atoms with Crippen molar-refractivity contribution in [3.8, 4) is 6.07 Å². The maximum Gasteiger partial charge on any atom is 0.0641 e. The molecule has 0 aliphatic carbocycles. The molecule has 0 unspecified atom stereocenters. The third-order valence-electron chi connectivity index (χ3n) is 2.52. The normalized spacial score (nSPS) is 12.4. The third kappa shape index (κ3) is 3.84. The summed E-state index contributed by atoms with van der Waals surface area (Å²) in [6.45, 7) is 6.53. The molecule has 0 saturated carbocycles. The van der Waals surface area contributed by atoms with E-state index in [9.17, 15) is 0 Å². The first-order chi connectivity index (χ1) is 6.95. The van der Waals surface area contributed by atoms with Gasteiger partial charge in [-0.3, -0.25) is 0 Å². The quantitative estimate of drug-likeness (QED) is 0.859. The SMILES string of the molecule is CC(C)(C)c1ccc([C@@H](N)CC#N)cc1.Cl. The van der Waals surface area contributed by atoms with E-state index in [1.165, 1.54) is 5.56 Å². The average molecular weight is 239 g/mol. The zero-order valence-electron chi connectivity index (χ0n) is 10.0. The summed E-state index contributed by atoms with van der Waals surface area (Å²) in [6.07, 6.45) is 0.370. The van der Waals surface area contributed by atoms with Crippen molar-refractivity contribution in [2.45, 2.75) is 38.6 Å². The van der Waals surface area contributed by atoms with Crippen LogP contribution < -0.4 is 5.73 Å². The molecular formula is C13H19ClN2. The van der Waals surface area contributed by atoms with E-state index in [0.29, 0.717) is 6.42 Å². The first-order valence-corrected chi connectivity index (χ1v) is 5.18. The van der Waals surface area contributed by atoms with E-state index in [0.717, 1.165) is 5.56 Å². The lowest BCUT2D eigenvalue weighted by atomic mass is 9.86. The van der Waals surface area contributed by atoms with Gasteiger partial charge in [0, 0.05) is 6.04 Å². The number of benzene rings is 1. The molecule has 2 N–H and O–H groups in total. The van der Waals surface area contributed by atoms with Crippen molar-refractivity contribution in [1.29, 1.82) is 5.26 Å². The highest BCUT2D eigenvalue weighted by molar-refractivity contribution is 5.85. The number of nitriles is 1. The summed E-state index contributed by atoms with van der Waals surface area (Å²) in [7, 11) is 0. The Hall–Kier alpha value is -1.04. The number of hydrogen-bond donors (Lipinski definition) is 1. The van der Waals surface area contributed by atoms with Crippen molar-refractivity contribution >= 4 is 12.4 Å². The number of rotatable bonds is 2. The minimum absolute atomic E-state index is 0. The molecule has 0 saturated heterocycles. The molecule has 16 heavy (non-hydrogen) atoms. The summed E-state index contributed by atoms with van der Waals surface area (Å²) >= 11 is 0. The van der Waals surface area contributed by atoms with Crippen LogP contribution in [0.2, 0.25) is 0 Å². The second-order valence-electron chi connectivity index (χ2n) is 4.84. The molecule has 88 valence electrons. The van der Waals surface area contributed by atoms with Crippen molar-refractivity contribution in [2.75, 3.05) is 0 Å². The van der Waals surface area contributed by atoms with Gasteiger partial charge in [-0.05, 0) is 16.5 Å². The topological polar surface area (TPSA) is 49.8 Å². The largest absolute Gasteiger partial charge is 0.323 e. The average Bonchev–Trinajstić information content (AvgIpc) is 2.17. The molecule has 0 aliphatic rings. The van der Waals surface area contributed by atoms with Crippen molar-refractivity contribution < 1.29 is 0 Å². The van der Waals surface area contributed by atoms with Crippen LogP contribution in [0.4, 0.5) is 0 Å². The highest BCUT2D eigenvalue weighted by atomic mass is 35.5.